The lowest BCUT2D eigenvalue weighted by atomic mass is 9.91. The van der Waals surface area contributed by atoms with Gasteiger partial charge in [0.1, 0.15) is 11.5 Å². The summed E-state index contributed by atoms with van der Waals surface area (Å²) in [7, 11) is 0. The maximum absolute atomic E-state index is 6.05. The Hall–Kier alpha value is -3.72. The van der Waals surface area contributed by atoms with E-state index in [0.717, 1.165) is 30.9 Å². The number of anilines is 1. The van der Waals surface area contributed by atoms with Crippen LogP contribution in [0, 0.1) is 0 Å². The molecule has 0 aliphatic carbocycles. The summed E-state index contributed by atoms with van der Waals surface area (Å²) in [5.74, 6) is 2.41. The topological polar surface area (TPSA) is 21.7 Å². The first-order valence-corrected chi connectivity index (χ1v) is 12.5. The average molecular weight is 464 g/mol. The van der Waals surface area contributed by atoms with Crippen LogP contribution in [0.3, 0.4) is 0 Å². The molecule has 1 heterocycles. The number of benzene rings is 4. The molecule has 3 nitrogen and oxygen atoms in total. The highest BCUT2D eigenvalue weighted by atomic mass is 16.5. The number of rotatable bonds is 8. The van der Waals surface area contributed by atoms with Gasteiger partial charge in [-0.25, -0.2) is 0 Å². The van der Waals surface area contributed by atoms with Gasteiger partial charge >= 0.3 is 0 Å². The van der Waals surface area contributed by atoms with Crippen LogP contribution in [0.25, 0.3) is 0 Å². The van der Waals surface area contributed by atoms with E-state index < -0.39 is 0 Å². The molecule has 5 rings (SSSR count). The van der Waals surface area contributed by atoms with Crippen molar-refractivity contribution in [2.24, 2.45) is 0 Å². The van der Waals surface area contributed by atoms with Crippen molar-refractivity contribution >= 4 is 5.69 Å². The molecular formula is C32H33NO2. The molecule has 0 spiro atoms. The predicted octanol–water partition coefficient (Wildman–Crippen LogP) is 7.38. The zero-order chi connectivity index (χ0) is 24.0. The second-order valence-electron chi connectivity index (χ2n) is 9.32. The van der Waals surface area contributed by atoms with E-state index in [1.807, 2.05) is 13.0 Å². The Labute approximate surface area is 209 Å². The van der Waals surface area contributed by atoms with Crippen molar-refractivity contribution in [2.45, 2.75) is 39.2 Å². The molecule has 0 aromatic heterocycles. The van der Waals surface area contributed by atoms with E-state index in [0.29, 0.717) is 19.3 Å². The Morgan fingerprint density at radius 2 is 1.57 bits per heavy atom. The van der Waals surface area contributed by atoms with Gasteiger partial charge in [0.05, 0.1) is 6.61 Å². The normalized spacial score (nSPS) is 13.6. The highest BCUT2D eigenvalue weighted by molar-refractivity contribution is 5.51. The number of fused-ring (bicyclic) bond motifs is 1. The summed E-state index contributed by atoms with van der Waals surface area (Å²) in [4.78, 5) is 2.27. The van der Waals surface area contributed by atoms with E-state index in [4.69, 9.17) is 9.47 Å². The zero-order valence-electron chi connectivity index (χ0n) is 20.6. The number of para-hydroxylation sites is 1. The van der Waals surface area contributed by atoms with Gasteiger partial charge in [-0.1, -0.05) is 73.7 Å². The highest BCUT2D eigenvalue weighted by Gasteiger charge is 2.18. The van der Waals surface area contributed by atoms with Gasteiger partial charge in [-0.2, -0.15) is 0 Å². The summed E-state index contributed by atoms with van der Waals surface area (Å²) in [6, 6.07) is 34.5. The van der Waals surface area contributed by atoms with E-state index in [2.05, 4.69) is 103 Å². The molecule has 4 aromatic rings. The fourth-order valence-electron chi connectivity index (χ4n) is 4.87. The molecule has 0 amide bonds. The minimum atomic E-state index is 0.426. The fourth-order valence-corrected chi connectivity index (χ4v) is 4.87. The van der Waals surface area contributed by atoms with Crippen LogP contribution in [-0.4, -0.2) is 13.3 Å². The Bertz CT molecular complexity index is 1250. The molecular weight excluding hydrogens is 430 g/mol. The molecule has 0 fully saturated rings. The largest absolute Gasteiger partial charge is 0.494 e. The smallest absolute Gasteiger partial charge is 0.161 e. The number of hydrogen-bond acceptors (Lipinski definition) is 3. The molecule has 0 saturated carbocycles. The Kier molecular flexibility index (Phi) is 7.04. The van der Waals surface area contributed by atoms with Crippen molar-refractivity contribution in [2.75, 3.05) is 18.2 Å². The summed E-state index contributed by atoms with van der Waals surface area (Å²) in [6.07, 6.45) is 1.84. The first-order chi connectivity index (χ1) is 17.2. The standard InChI is InChI=1S/C32H33NO2/c1-3-34-31-16-14-25(20-28(31)18-24(2)27-10-6-4-7-11-27)19-26-15-17-32-29(21-26)22-33(23-35-32)30-12-8-5-9-13-30/h4-17,20-21,24H,3,18-19,22-23H2,1-2H3. The maximum atomic E-state index is 6.05. The lowest BCUT2D eigenvalue weighted by Crippen LogP contribution is -2.31. The van der Waals surface area contributed by atoms with Crippen LogP contribution in [0.4, 0.5) is 5.69 Å². The van der Waals surface area contributed by atoms with E-state index in [9.17, 15) is 0 Å². The molecule has 178 valence electrons. The minimum Gasteiger partial charge on any atom is -0.494 e. The summed E-state index contributed by atoms with van der Waals surface area (Å²) >= 11 is 0. The summed E-state index contributed by atoms with van der Waals surface area (Å²) in [5, 5.41) is 0. The lowest BCUT2D eigenvalue weighted by molar-refractivity contribution is 0.289. The third-order valence-electron chi connectivity index (χ3n) is 6.71. The monoisotopic (exact) mass is 463 g/mol. The molecule has 3 heteroatoms. The molecule has 35 heavy (non-hydrogen) atoms. The molecule has 0 saturated heterocycles. The Morgan fingerprint density at radius 3 is 2.34 bits per heavy atom. The van der Waals surface area contributed by atoms with Gasteiger partial charge in [0.25, 0.3) is 0 Å². The van der Waals surface area contributed by atoms with E-state index in [-0.39, 0.29) is 0 Å². The number of ether oxygens (including phenoxy) is 2. The van der Waals surface area contributed by atoms with Crippen molar-refractivity contribution in [1.29, 1.82) is 0 Å². The molecule has 0 radical (unpaired) electrons. The Morgan fingerprint density at radius 1 is 0.857 bits per heavy atom. The first kappa shape index (κ1) is 23.0. The molecule has 1 aliphatic heterocycles. The third kappa shape index (κ3) is 5.51. The molecule has 1 atom stereocenters. The van der Waals surface area contributed by atoms with Gasteiger partial charge < -0.3 is 14.4 Å². The second kappa shape index (κ2) is 10.7. The van der Waals surface area contributed by atoms with Crippen LogP contribution in [0.1, 0.15) is 47.6 Å². The van der Waals surface area contributed by atoms with E-state index >= 15 is 0 Å². The molecule has 0 bridgehead atoms. The highest BCUT2D eigenvalue weighted by Crippen LogP contribution is 2.31. The lowest BCUT2D eigenvalue weighted by Gasteiger charge is -2.31. The summed E-state index contributed by atoms with van der Waals surface area (Å²) in [6.45, 7) is 6.45. The van der Waals surface area contributed by atoms with Crippen molar-refractivity contribution < 1.29 is 9.47 Å². The SMILES string of the molecule is CCOc1ccc(Cc2ccc3c(c2)CN(c2ccccc2)CO3)cc1CC(C)c1ccccc1. The van der Waals surface area contributed by atoms with Crippen LogP contribution >= 0.6 is 0 Å². The van der Waals surface area contributed by atoms with Gasteiger partial charge in [-0.15, -0.1) is 0 Å². The van der Waals surface area contributed by atoms with Crippen molar-refractivity contribution in [3.63, 3.8) is 0 Å². The van der Waals surface area contributed by atoms with E-state index in [1.54, 1.807) is 0 Å². The third-order valence-corrected chi connectivity index (χ3v) is 6.71. The van der Waals surface area contributed by atoms with Gasteiger partial charge in [-0.3, -0.25) is 0 Å². The second-order valence-corrected chi connectivity index (χ2v) is 9.32. The quantitative estimate of drug-likeness (QED) is 0.272. The zero-order valence-corrected chi connectivity index (χ0v) is 20.6. The van der Waals surface area contributed by atoms with Crippen LogP contribution in [0.5, 0.6) is 11.5 Å². The molecule has 1 unspecified atom stereocenters. The van der Waals surface area contributed by atoms with Gasteiger partial charge in [0, 0.05) is 17.8 Å². The Balaban J connectivity index is 1.35. The van der Waals surface area contributed by atoms with Crippen molar-refractivity contribution in [3.8, 4) is 11.5 Å². The van der Waals surface area contributed by atoms with Crippen molar-refractivity contribution in [3.05, 3.63) is 125 Å². The van der Waals surface area contributed by atoms with Crippen LogP contribution < -0.4 is 14.4 Å². The number of nitrogens with zero attached hydrogens (tertiary/aromatic N) is 1. The van der Waals surface area contributed by atoms with Crippen LogP contribution in [0.15, 0.2) is 97.1 Å². The summed E-state index contributed by atoms with van der Waals surface area (Å²) in [5.41, 5.74) is 7.66. The van der Waals surface area contributed by atoms with Gasteiger partial charge in [0.15, 0.2) is 6.73 Å². The maximum Gasteiger partial charge on any atom is 0.161 e. The average Bonchev–Trinajstić information content (AvgIpc) is 2.91. The van der Waals surface area contributed by atoms with Crippen LogP contribution in [0.2, 0.25) is 0 Å². The molecule has 1 aliphatic rings. The summed E-state index contributed by atoms with van der Waals surface area (Å²) < 4.78 is 12.0. The fraction of sp³-hybridized carbons (Fsp3) is 0.250. The van der Waals surface area contributed by atoms with E-state index in [1.165, 1.54) is 33.5 Å². The molecule has 4 aromatic carbocycles. The first-order valence-electron chi connectivity index (χ1n) is 12.5. The van der Waals surface area contributed by atoms with Gasteiger partial charge in [-0.05, 0) is 78.3 Å². The predicted molar refractivity (Wildman–Crippen MR) is 144 cm³/mol. The van der Waals surface area contributed by atoms with Crippen molar-refractivity contribution in [1.82, 2.24) is 0 Å². The van der Waals surface area contributed by atoms with Gasteiger partial charge in [0.2, 0.25) is 0 Å². The number of hydrogen-bond donors (Lipinski definition) is 0. The minimum absolute atomic E-state index is 0.426. The van der Waals surface area contributed by atoms with Crippen LogP contribution in [-0.2, 0) is 19.4 Å². The molecule has 0 N–H and O–H groups in total.